The van der Waals surface area contributed by atoms with Crippen molar-refractivity contribution in [2.75, 3.05) is 39.2 Å². The molecule has 2 rings (SSSR count). The van der Waals surface area contributed by atoms with Crippen molar-refractivity contribution < 1.29 is 14.3 Å². The molecule has 0 fully saturated rings. The average Bonchev–Trinajstić information content (AvgIpc) is 3.22. The van der Waals surface area contributed by atoms with Crippen molar-refractivity contribution >= 4 is 28.9 Å². The number of nitrogens with one attached hydrogen (secondary N) is 3. The van der Waals surface area contributed by atoms with Crippen LogP contribution in [0.4, 0.5) is 5.69 Å². The number of methoxy groups -OCH3 is 1. The summed E-state index contributed by atoms with van der Waals surface area (Å²) in [5.74, 6) is 1.98. The predicted molar refractivity (Wildman–Crippen MR) is 110 cm³/mol. The number of anilines is 1. The second-order valence-electron chi connectivity index (χ2n) is 5.51. The molecule has 0 aliphatic carbocycles. The van der Waals surface area contributed by atoms with E-state index in [0.29, 0.717) is 37.2 Å². The normalized spacial score (nSPS) is 11.0. The monoisotopic (exact) mass is 390 g/mol. The molecule has 0 aliphatic heterocycles. The van der Waals surface area contributed by atoms with Crippen LogP contribution in [0.5, 0.6) is 11.5 Å². The zero-order chi connectivity index (χ0) is 19.5. The Labute approximate surface area is 163 Å². The minimum absolute atomic E-state index is 0.0333. The first-order valence-electron chi connectivity index (χ1n) is 8.78. The van der Waals surface area contributed by atoms with E-state index in [0.717, 1.165) is 17.0 Å². The van der Waals surface area contributed by atoms with Gasteiger partial charge in [-0.05, 0) is 36.9 Å². The van der Waals surface area contributed by atoms with Crippen LogP contribution in [0.3, 0.4) is 0 Å². The number of nitrogens with zero attached hydrogens (tertiary/aromatic N) is 1. The van der Waals surface area contributed by atoms with Gasteiger partial charge in [-0.3, -0.25) is 9.79 Å². The maximum atomic E-state index is 11.9. The maximum absolute atomic E-state index is 11.9. The molecule has 0 bridgehead atoms. The number of rotatable bonds is 9. The standard InChI is InChI=1S/C19H26N4O3S/c1-4-26-15-9-8-14(13-16(15)25-3)23-19(20-2)22-11-6-10-21-18(24)17-7-5-12-27-17/h5,7-9,12-13H,4,6,10-11H2,1-3H3,(H,21,24)(H2,20,22,23). The number of aliphatic imine (C=N–C) groups is 1. The van der Waals surface area contributed by atoms with Crippen molar-refractivity contribution in [2.24, 2.45) is 4.99 Å². The summed E-state index contributed by atoms with van der Waals surface area (Å²) in [5.41, 5.74) is 0.842. The van der Waals surface area contributed by atoms with E-state index in [-0.39, 0.29) is 5.91 Å². The van der Waals surface area contributed by atoms with Crippen LogP contribution < -0.4 is 25.4 Å². The molecule has 0 saturated heterocycles. The molecule has 27 heavy (non-hydrogen) atoms. The number of carbonyl (C=O) groups excluding carboxylic acids is 1. The SMILES string of the molecule is CCOc1ccc(NC(=NC)NCCCNC(=O)c2cccs2)cc1OC. The van der Waals surface area contributed by atoms with Crippen LogP contribution in [0.25, 0.3) is 0 Å². The summed E-state index contributed by atoms with van der Waals surface area (Å²) in [5, 5.41) is 11.2. The van der Waals surface area contributed by atoms with E-state index in [4.69, 9.17) is 9.47 Å². The molecule has 1 aromatic heterocycles. The van der Waals surface area contributed by atoms with E-state index >= 15 is 0 Å². The number of hydrogen-bond donors (Lipinski definition) is 3. The molecule has 2 aromatic rings. The first-order valence-corrected chi connectivity index (χ1v) is 9.66. The molecule has 7 nitrogen and oxygen atoms in total. The highest BCUT2D eigenvalue weighted by Gasteiger charge is 2.07. The van der Waals surface area contributed by atoms with E-state index in [9.17, 15) is 4.79 Å². The van der Waals surface area contributed by atoms with Crippen molar-refractivity contribution in [3.05, 3.63) is 40.6 Å². The lowest BCUT2D eigenvalue weighted by Gasteiger charge is -2.14. The molecular weight excluding hydrogens is 364 g/mol. The number of benzene rings is 1. The van der Waals surface area contributed by atoms with Crippen molar-refractivity contribution in [3.63, 3.8) is 0 Å². The van der Waals surface area contributed by atoms with Gasteiger partial charge in [0.2, 0.25) is 0 Å². The fraction of sp³-hybridized carbons (Fsp3) is 0.368. The van der Waals surface area contributed by atoms with Crippen LogP contribution in [-0.2, 0) is 0 Å². The summed E-state index contributed by atoms with van der Waals surface area (Å²) in [4.78, 5) is 16.8. The third-order valence-electron chi connectivity index (χ3n) is 3.63. The van der Waals surface area contributed by atoms with E-state index in [2.05, 4.69) is 20.9 Å². The molecule has 0 radical (unpaired) electrons. The predicted octanol–water partition coefficient (Wildman–Crippen LogP) is 2.96. The summed E-state index contributed by atoms with van der Waals surface area (Å²) < 4.78 is 10.9. The van der Waals surface area contributed by atoms with Gasteiger partial charge in [-0.2, -0.15) is 0 Å². The van der Waals surface area contributed by atoms with Crippen molar-refractivity contribution in [1.82, 2.24) is 10.6 Å². The molecule has 8 heteroatoms. The number of amides is 1. The minimum Gasteiger partial charge on any atom is -0.493 e. The average molecular weight is 391 g/mol. The van der Waals surface area contributed by atoms with Crippen LogP contribution >= 0.6 is 11.3 Å². The molecule has 146 valence electrons. The van der Waals surface area contributed by atoms with Gasteiger partial charge in [0, 0.05) is 31.9 Å². The van der Waals surface area contributed by atoms with Crippen LogP contribution in [0.1, 0.15) is 23.0 Å². The number of guanidine groups is 1. The van der Waals surface area contributed by atoms with E-state index in [1.807, 2.05) is 42.6 Å². The minimum atomic E-state index is -0.0333. The van der Waals surface area contributed by atoms with Crippen LogP contribution in [0, 0.1) is 0 Å². The van der Waals surface area contributed by atoms with Crippen molar-refractivity contribution in [3.8, 4) is 11.5 Å². The molecule has 0 unspecified atom stereocenters. The van der Waals surface area contributed by atoms with Gasteiger partial charge in [-0.25, -0.2) is 0 Å². The molecule has 1 heterocycles. The number of ether oxygens (including phenoxy) is 2. The smallest absolute Gasteiger partial charge is 0.261 e. The lowest BCUT2D eigenvalue weighted by Crippen LogP contribution is -2.33. The Balaban J connectivity index is 1.76. The Morgan fingerprint density at radius 1 is 1.19 bits per heavy atom. The zero-order valence-electron chi connectivity index (χ0n) is 15.9. The van der Waals surface area contributed by atoms with Crippen LogP contribution in [0.2, 0.25) is 0 Å². The molecule has 1 aromatic carbocycles. The van der Waals surface area contributed by atoms with E-state index in [1.165, 1.54) is 11.3 Å². The quantitative estimate of drug-likeness (QED) is 0.348. The second kappa shape index (κ2) is 11.1. The lowest BCUT2D eigenvalue weighted by atomic mass is 10.2. The highest BCUT2D eigenvalue weighted by molar-refractivity contribution is 7.12. The Morgan fingerprint density at radius 2 is 2.00 bits per heavy atom. The molecular formula is C19H26N4O3S. The zero-order valence-corrected chi connectivity index (χ0v) is 16.7. The number of carbonyl (C=O) groups is 1. The fourth-order valence-electron chi connectivity index (χ4n) is 2.33. The van der Waals surface area contributed by atoms with Crippen LogP contribution in [-0.4, -0.2) is 45.7 Å². The third-order valence-corrected chi connectivity index (χ3v) is 4.49. The number of hydrogen-bond acceptors (Lipinski definition) is 5. The molecule has 0 spiro atoms. The third kappa shape index (κ3) is 6.49. The molecule has 3 N–H and O–H groups in total. The van der Waals surface area contributed by atoms with E-state index < -0.39 is 0 Å². The van der Waals surface area contributed by atoms with Crippen LogP contribution in [0.15, 0.2) is 40.7 Å². The molecule has 0 aliphatic rings. The van der Waals surface area contributed by atoms with Gasteiger partial charge in [0.25, 0.3) is 5.91 Å². The lowest BCUT2D eigenvalue weighted by molar-refractivity contribution is 0.0957. The Bertz CT molecular complexity index is 747. The summed E-state index contributed by atoms with van der Waals surface area (Å²) >= 11 is 1.44. The van der Waals surface area contributed by atoms with Crippen molar-refractivity contribution in [1.29, 1.82) is 0 Å². The first kappa shape index (κ1) is 20.6. The topological polar surface area (TPSA) is 84.0 Å². The van der Waals surface area contributed by atoms with Gasteiger partial charge in [0.15, 0.2) is 17.5 Å². The van der Waals surface area contributed by atoms with Gasteiger partial charge in [-0.15, -0.1) is 11.3 Å². The second-order valence-corrected chi connectivity index (χ2v) is 6.46. The maximum Gasteiger partial charge on any atom is 0.261 e. The summed E-state index contributed by atoms with van der Waals surface area (Å²) in [6, 6.07) is 9.31. The number of thiophene rings is 1. The molecule has 1 amide bonds. The summed E-state index contributed by atoms with van der Waals surface area (Å²) in [6.07, 6.45) is 0.782. The Morgan fingerprint density at radius 3 is 2.67 bits per heavy atom. The van der Waals surface area contributed by atoms with Gasteiger partial charge in [0.05, 0.1) is 18.6 Å². The van der Waals surface area contributed by atoms with E-state index in [1.54, 1.807) is 14.2 Å². The van der Waals surface area contributed by atoms with Crippen molar-refractivity contribution in [2.45, 2.75) is 13.3 Å². The van der Waals surface area contributed by atoms with Gasteiger partial charge in [-0.1, -0.05) is 6.07 Å². The highest BCUT2D eigenvalue weighted by atomic mass is 32.1. The Hall–Kier alpha value is -2.74. The Kier molecular flexibility index (Phi) is 8.44. The first-order chi connectivity index (χ1) is 13.2. The largest absolute Gasteiger partial charge is 0.493 e. The summed E-state index contributed by atoms with van der Waals surface area (Å²) in [6.45, 7) is 3.78. The molecule has 0 atom stereocenters. The van der Waals surface area contributed by atoms with Gasteiger partial charge in [0.1, 0.15) is 0 Å². The highest BCUT2D eigenvalue weighted by Crippen LogP contribution is 2.30. The van der Waals surface area contributed by atoms with Gasteiger partial charge >= 0.3 is 0 Å². The summed E-state index contributed by atoms with van der Waals surface area (Å²) in [7, 11) is 3.32. The fourth-order valence-corrected chi connectivity index (χ4v) is 2.97. The van der Waals surface area contributed by atoms with Gasteiger partial charge < -0.3 is 25.4 Å². The molecule has 0 saturated carbocycles.